The van der Waals surface area contributed by atoms with Gasteiger partial charge in [-0.05, 0) is 25.1 Å². The lowest BCUT2D eigenvalue weighted by Gasteiger charge is -2.14. The summed E-state index contributed by atoms with van der Waals surface area (Å²) < 4.78 is 0.834. The van der Waals surface area contributed by atoms with E-state index in [1.54, 1.807) is 25.1 Å². The van der Waals surface area contributed by atoms with Crippen molar-refractivity contribution >= 4 is 27.5 Å². The van der Waals surface area contributed by atoms with Crippen LogP contribution in [-0.4, -0.2) is 5.11 Å². The molecule has 0 aliphatic rings. The third-order valence-corrected chi connectivity index (χ3v) is 2.79. The molecule has 74 valence electrons. The topological polar surface area (TPSA) is 44.0 Å². The van der Waals surface area contributed by atoms with Gasteiger partial charge in [-0.15, -0.1) is 0 Å². The molecular formula is C10H9BrClNO. The minimum atomic E-state index is -0.843. The minimum absolute atomic E-state index is 0.471. The van der Waals surface area contributed by atoms with E-state index in [2.05, 4.69) is 15.9 Å². The first-order valence-corrected chi connectivity index (χ1v) is 5.26. The van der Waals surface area contributed by atoms with Gasteiger partial charge in [0.25, 0.3) is 0 Å². The molecule has 2 atom stereocenters. The van der Waals surface area contributed by atoms with Crippen molar-refractivity contribution in [1.82, 2.24) is 0 Å². The molecule has 0 saturated carbocycles. The fourth-order valence-corrected chi connectivity index (χ4v) is 1.69. The Labute approximate surface area is 96.2 Å². The average molecular weight is 275 g/mol. The number of nitrogens with zero attached hydrogens (tertiary/aromatic N) is 1. The monoisotopic (exact) mass is 273 g/mol. The van der Waals surface area contributed by atoms with Crippen molar-refractivity contribution in [3.63, 3.8) is 0 Å². The fraction of sp³-hybridized carbons (Fsp3) is 0.300. The maximum atomic E-state index is 9.77. The molecule has 0 radical (unpaired) electrons. The van der Waals surface area contributed by atoms with Crippen LogP contribution < -0.4 is 0 Å². The van der Waals surface area contributed by atoms with E-state index in [9.17, 15) is 5.11 Å². The number of benzene rings is 1. The van der Waals surface area contributed by atoms with E-state index in [0.29, 0.717) is 10.6 Å². The van der Waals surface area contributed by atoms with E-state index in [1.807, 2.05) is 6.07 Å². The average Bonchev–Trinajstić information content (AvgIpc) is 2.19. The highest BCUT2D eigenvalue weighted by atomic mass is 79.9. The molecule has 2 nitrogen and oxygen atoms in total. The molecule has 0 aromatic heterocycles. The summed E-state index contributed by atoms with van der Waals surface area (Å²) in [6, 6.07) is 7.19. The lowest BCUT2D eigenvalue weighted by molar-refractivity contribution is 0.143. The first kappa shape index (κ1) is 11.5. The summed E-state index contributed by atoms with van der Waals surface area (Å²) in [5.74, 6) is -0.471. The van der Waals surface area contributed by atoms with E-state index < -0.39 is 12.0 Å². The van der Waals surface area contributed by atoms with Gasteiger partial charge in [-0.3, -0.25) is 0 Å². The summed E-state index contributed by atoms with van der Waals surface area (Å²) >= 11 is 9.18. The molecule has 4 heteroatoms. The van der Waals surface area contributed by atoms with Gasteiger partial charge in [-0.2, -0.15) is 5.26 Å². The molecule has 1 aromatic rings. The molecular weight excluding hydrogens is 265 g/mol. The predicted molar refractivity (Wildman–Crippen MR) is 58.9 cm³/mol. The second kappa shape index (κ2) is 4.79. The first-order valence-electron chi connectivity index (χ1n) is 4.09. The van der Waals surface area contributed by atoms with Gasteiger partial charge in [0.1, 0.15) is 0 Å². The minimum Gasteiger partial charge on any atom is -0.387 e. The van der Waals surface area contributed by atoms with Crippen molar-refractivity contribution in [2.75, 3.05) is 0 Å². The molecule has 14 heavy (non-hydrogen) atoms. The van der Waals surface area contributed by atoms with Gasteiger partial charge in [-0.25, -0.2) is 0 Å². The molecule has 0 fully saturated rings. The largest absolute Gasteiger partial charge is 0.387 e. The van der Waals surface area contributed by atoms with Crippen molar-refractivity contribution in [3.05, 3.63) is 33.3 Å². The van der Waals surface area contributed by atoms with E-state index in [0.717, 1.165) is 4.47 Å². The highest BCUT2D eigenvalue weighted by Gasteiger charge is 2.18. The predicted octanol–water partition coefficient (Wildman–Crippen LogP) is 3.30. The quantitative estimate of drug-likeness (QED) is 0.899. The Morgan fingerprint density at radius 2 is 2.21 bits per heavy atom. The van der Waals surface area contributed by atoms with Crippen LogP contribution in [0.25, 0.3) is 0 Å². The Morgan fingerprint density at radius 3 is 2.79 bits per heavy atom. The summed E-state index contributed by atoms with van der Waals surface area (Å²) in [5, 5.41) is 18.9. The Hall–Kier alpha value is -0.560. The molecule has 0 aliphatic carbocycles. The van der Waals surface area contributed by atoms with Crippen molar-refractivity contribution in [3.8, 4) is 6.07 Å². The molecule has 2 unspecified atom stereocenters. The maximum Gasteiger partial charge on any atom is 0.0960 e. The van der Waals surface area contributed by atoms with E-state index in [4.69, 9.17) is 16.9 Å². The van der Waals surface area contributed by atoms with Crippen LogP contribution in [0, 0.1) is 17.2 Å². The van der Waals surface area contributed by atoms with Crippen LogP contribution in [0.5, 0.6) is 0 Å². The van der Waals surface area contributed by atoms with Gasteiger partial charge in [0.05, 0.1) is 18.1 Å². The van der Waals surface area contributed by atoms with Crippen LogP contribution in [0.1, 0.15) is 18.6 Å². The zero-order valence-electron chi connectivity index (χ0n) is 7.54. The molecule has 0 heterocycles. The molecule has 1 rings (SSSR count). The zero-order chi connectivity index (χ0) is 10.7. The summed E-state index contributed by atoms with van der Waals surface area (Å²) in [6.07, 6.45) is -0.843. The molecule has 0 bridgehead atoms. The number of rotatable bonds is 2. The standard InChI is InChI=1S/C10H9BrClNO/c1-6(5-13)10(14)8-4-7(11)2-3-9(8)12/h2-4,6,10,14H,1H3. The second-order valence-corrected chi connectivity index (χ2v) is 4.35. The lowest BCUT2D eigenvalue weighted by Crippen LogP contribution is -2.07. The Kier molecular flexibility index (Phi) is 3.94. The molecule has 1 N–H and O–H groups in total. The summed E-state index contributed by atoms with van der Waals surface area (Å²) in [6.45, 7) is 1.65. The van der Waals surface area contributed by atoms with Crippen molar-refractivity contribution in [2.24, 2.45) is 5.92 Å². The number of aliphatic hydroxyl groups is 1. The number of hydrogen-bond acceptors (Lipinski definition) is 2. The number of halogens is 2. The van der Waals surface area contributed by atoms with Gasteiger partial charge in [-0.1, -0.05) is 27.5 Å². The van der Waals surface area contributed by atoms with Crippen LogP contribution >= 0.6 is 27.5 Å². The highest BCUT2D eigenvalue weighted by Crippen LogP contribution is 2.30. The highest BCUT2D eigenvalue weighted by molar-refractivity contribution is 9.10. The summed E-state index contributed by atoms with van der Waals surface area (Å²) in [4.78, 5) is 0. The normalized spacial score (nSPS) is 14.5. The fourth-order valence-electron chi connectivity index (χ4n) is 1.08. The van der Waals surface area contributed by atoms with Crippen LogP contribution in [0.2, 0.25) is 5.02 Å². The van der Waals surface area contributed by atoms with Crippen LogP contribution in [0.4, 0.5) is 0 Å². The number of aliphatic hydroxyl groups excluding tert-OH is 1. The third kappa shape index (κ3) is 2.48. The van der Waals surface area contributed by atoms with Gasteiger partial charge >= 0.3 is 0 Å². The van der Waals surface area contributed by atoms with Crippen LogP contribution in [0.15, 0.2) is 22.7 Å². The number of nitriles is 1. The van der Waals surface area contributed by atoms with Crippen molar-refractivity contribution < 1.29 is 5.11 Å². The lowest BCUT2D eigenvalue weighted by atomic mass is 9.99. The van der Waals surface area contributed by atoms with Crippen LogP contribution in [0.3, 0.4) is 0 Å². The Balaban J connectivity index is 3.07. The van der Waals surface area contributed by atoms with Gasteiger partial charge in [0.15, 0.2) is 0 Å². The van der Waals surface area contributed by atoms with Crippen LogP contribution in [-0.2, 0) is 0 Å². The van der Waals surface area contributed by atoms with Crippen molar-refractivity contribution in [2.45, 2.75) is 13.0 Å². The van der Waals surface area contributed by atoms with Gasteiger partial charge in [0.2, 0.25) is 0 Å². The molecule has 0 amide bonds. The zero-order valence-corrected chi connectivity index (χ0v) is 9.88. The Morgan fingerprint density at radius 1 is 1.57 bits per heavy atom. The molecule has 0 spiro atoms. The first-order chi connectivity index (χ1) is 6.56. The van der Waals surface area contributed by atoms with E-state index in [1.165, 1.54) is 0 Å². The summed E-state index contributed by atoms with van der Waals surface area (Å²) in [5.41, 5.74) is 0.579. The van der Waals surface area contributed by atoms with Gasteiger partial charge < -0.3 is 5.11 Å². The maximum absolute atomic E-state index is 9.77. The second-order valence-electron chi connectivity index (χ2n) is 3.03. The van der Waals surface area contributed by atoms with E-state index >= 15 is 0 Å². The van der Waals surface area contributed by atoms with Crippen molar-refractivity contribution in [1.29, 1.82) is 5.26 Å². The molecule has 0 aliphatic heterocycles. The molecule has 1 aromatic carbocycles. The summed E-state index contributed by atoms with van der Waals surface area (Å²) in [7, 11) is 0. The third-order valence-electron chi connectivity index (χ3n) is 1.95. The SMILES string of the molecule is CC(C#N)C(O)c1cc(Br)ccc1Cl. The number of hydrogen-bond donors (Lipinski definition) is 1. The smallest absolute Gasteiger partial charge is 0.0960 e. The molecule has 0 saturated heterocycles. The van der Waals surface area contributed by atoms with E-state index in [-0.39, 0.29) is 0 Å². The Bertz CT molecular complexity index is 375. The van der Waals surface area contributed by atoms with Gasteiger partial charge in [0, 0.05) is 15.1 Å².